The molecule has 20 heavy (non-hydrogen) atoms. The second-order valence-corrected chi connectivity index (χ2v) is 5.57. The fourth-order valence-corrected chi connectivity index (χ4v) is 2.99. The first-order valence-corrected chi connectivity index (χ1v) is 6.93. The summed E-state index contributed by atoms with van der Waals surface area (Å²) in [4.78, 5) is 15.0. The van der Waals surface area contributed by atoms with Crippen molar-refractivity contribution >= 4 is 33.1 Å². The summed E-state index contributed by atoms with van der Waals surface area (Å²) in [6.45, 7) is 4.16. The number of nitrogen functional groups attached to an aromatic ring is 1. The smallest absolute Gasteiger partial charge is 0.265 e. The van der Waals surface area contributed by atoms with Crippen molar-refractivity contribution in [2.45, 2.75) is 20.3 Å². The molecule has 0 aliphatic carbocycles. The second-order valence-electron chi connectivity index (χ2n) is 4.57. The molecule has 0 fully saturated rings. The van der Waals surface area contributed by atoms with E-state index in [2.05, 4.69) is 10.2 Å². The maximum absolute atomic E-state index is 12.3. The van der Waals surface area contributed by atoms with Crippen molar-refractivity contribution in [1.82, 2.24) is 15.1 Å². The Hall–Kier alpha value is -2.20. The standard InChI is InChI=1S/C13H15N5OS/c1-7-8(2)16-17-12-9(7)10(15)11(20-12)13(19)18(3)6-4-5-14/h4,6,15H2,1-3H3. The SMILES string of the molecule is Cc1nnc2sc(C(=O)N(C)CCC#N)c(N)c2c1C. The van der Waals surface area contributed by atoms with Crippen molar-refractivity contribution in [3.8, 4) is 6.07 Å². The van der Waals surface area contributed by atoms with Crippen LogP contribution < -0.4 is 5.73 Å². The van der Waals surface area contributed by atoms with E-state index in [1.807, 2.05) is 19.9 Å². The molecule has 0 atom stereocenters. The van der Waals surface area contributed by atoms with E-state index >= 15 is 0 Å². The minimum absolute atomic E-state index is 0.183. The first-order valence-electron chi connectivity index (χ1n) is 6.11. The van der Waals surface area contributed by atoms with E-state index in [4.69, 9.17) is 11.0 Å². The van der Waals surface area contributed by atoms with Crippen LogP contribution in [0.25, 0.3) is 10.2 Å². The number of hydrogen-bond acceptors (Lipinski definition) is 6. The van der Waals surface area contributed by atoms with Gasteiger partial charge in [-0.1, -0.05) is 0 Å². The van der Waals surface area contributed by atoms with Crippen LogP contribution in [0.3, 0.4) is 0 Å². The number of anilines is 1. The molecule has 2 N–H and O–H groups in total. The number of nitriles is 1. The number of thiophene rings is 1. The first-order chi connectivity index (χ1) is 9.47. The molecule has 7 heteroatoms. The van der Waals surface area contributed by atoms with Gasteiger partial charge in [0.2, 0.25) is 0 Å². The van der Waals surface area contributed by atoms with Gasteiger partial charge in [-0.05, 0) is 19.4 Å². The molecule has 0 bridgehead atoms. The van der Waals surface area contributed by atoms with E-state index in [9.17, 15) is 4.79 Å². The number of amides is 1. The van der Waals surface area contributed by atoms with E-state index in [0.717, 1.165) is 16.6 Å². The van der Waals surface area contributed by atoms with E-state index in [-0.39, 0.29) is 5.91 Å². The van der Waals surface area contributed by atoms with Crippen LogP contribution in [0, 0.1) is 25.2 Å². The lowest BCUT2D eigenvalue weighted by Crippen LogP contribution is -2.27. The highest BCUT2D eigenvalue weighted by Crippen LogP contribution is 2.35. The zero-order valence-electron chi connectivity index (χ0n) is 11.6. The molecule has 0 aromatic carbocycles. The molecule has 2 rings (SSSR count). The van der Waals surface area contributed by atoms with Crippen LogP contribution in [0.1, 0.15) is 27.3 Å². The number of nitrogens with two attached hydrogens (primary N) is 1. The van der Waals surface area contributed by atoms with E-state index in [1.165, 1.54) is 16.2 Å². The lowest BCUT2D eigenvalue weighted by molar-refractivity contribution is 0.0803. The lowest BCUT2D eigenvalue weighted by Gasteiger charge is -2.14. The molecule has 2 aromatic rings. The third-order valence-electron chi connectivity index (χ3n) is 3.24. The fourth-order valence-electron chi connectivity index (χ4n) is 1.89. The van der Waals surface area contributed by atoms with Gasteiger partial charge in [-0.25, -0.2) is 0 Å². The van der Waals surface area contributed by atoms with Gasteiger partial charge in [-0.15, -0.1) is 16.4 Å². The van der Waals surface area contributed by atoms with Crippen molar-refractivity contribution in [3.63, 3.8) is 0 Å². The molecule has 2 aromatic heterocycles. The van der Waals surface area contributed by atoms with Crippen LogP contribution in [0.4, 0.5) is 5.69 Å². The minimum Gasteiger partial charge on any atom is -0.397 e. The third-order valence-corrected chi connectivity index (χ3v) is 4.31. The van der Waals surface area contributed by atoms with Crippen LogP contribution in [-0.2, 0) is 0 Å². The highest BCUT2D eigenvalue weighted by Gasteiger charge is 2.22. The highest BCUT2D eigenvalue weighted by molar-refractivity contribution is 7.21. The van der Waals surface area contributed by atoms with Gasteiger partial charge in [-0.3, -0.25) is 4.79 Å². The van der Waals surface area contributed by atoms with Crippen molar-refractivity contribution < 1.29 is 4.79 Å². The molecule has 0 aliphatic rings. The molecule has 6 nitrogen and oxygen atoms in total. The normalized spacial score (nSPS) is 10.5. The molecule has 1 amide bonds. The Kier molecular flexibility index (Phi) is 3.86. The topological polar surface area (TPSA) is 95.9 Å². The molecule has 0 aliphatic heterocycles. The predicted octanol–water partition coefficient (Wildman–Crippen LogP) is 1.88. The quantitative estimate of drug-likeness (QED) is 0.930. The summed E-state index contributed by atoms with van der Waals surface area (Å²) < 4.78 is 0. The Bertz CT molecular complexity index is 716. The molecule has 2 heterocycles. The molecular weight excluding hydrogens is 274 g/mol. The zero-order valence-corrected chi connectivity index (χ0v) is 12.4. The Morgan fingerprint density at radius 2 is 2.15 bits per heavy atom. The Morgan fingerprint density at radius 3 is 2.80 bits per heavy atom. The van der Waals surface area contributed by atoms with Gasteiger partial charge in [0, 0.05) is 19.0 Å². The number of carbonyl (C=O) groups is 1. The van der Waals surface area contributed by atoms with Gasteiger partial charge in [0.05, 0.1) is 23.9 Å². The molecular formula is C13H15N5OS. The van der Waals surface area contributed by atoms with Gasteiger partial charge in [-0.2, -0.15) is 10.4 Å². The van der Waals surface area contributed by atoms with E-state index in [0.29, 0.717) is 28.4 Å². The second kappa shape index (κ2) is 5.43. The highest BCUT2D eigenvalue weighted by atomic mass is 32.1. The summed E-state index contributed by atoms with van der Waals surface area (Å²) in [5, 5.41) is 17.5. The average molecular weight is 289 g/mol. The van der Waals surface area contributed by atoms with Gasteiger partial charge in [0.25, 0.3) is 5.91 Å². The maximum atomic E-state index is 12.3. The summed E-state index contributed by atoms with van der Waals surface area (Å²) >= 11 is 1.24. The number of carbonyl (C=O) groups excluding carboxylic acids is 1. The number of nitrogens with zero attached hydrogens (tertiary/aromatic N) is 4. The molecule has 0 spiro atoms. The summed E-state index contributed by atoms with van der Waals surface area (Å²) in [7, 11) is 1.66. The zero-order chi connectivity index (χ0) is 14.9. The Balaban J connectivity index is 2.46. The van der Waals surface area contributed by atoms with Crippen LogP contribution in [0.5, 0.6) is 0 Å². The molecule has 0 saturated heterocycles. The number of aryl methyl sites for hydroxylation is 2. The van der Waals surface area contributed by atoms with Crippen LogP contribution in [0.15, 0.2) is 0 Å². The minimum atomic E-state index is -0.183. The average Bonchev–Trinajstić information content (AvgIpc) is 2.77. The van der Waals surface area contributed by atoms with Crippen molar-refractivity contribution in [3.05, 3.63) is 16.1 Å². The lowest BCUT2D eigenvalue weighted by atomic mass is 10.1. The summed E-state index contributed by atoms with van der Waals surface area (Å²) in [6.07, 6.45) is 0.297. The van der Waals surface area contributed by atoms with Crippen molar-refractivity contribution in [2.75, 3.05) is 19.3 Å². The van der Waals surface area contributed by atoms with Crippen LogP contribution in [-0.4, -0.2) is 34.6 Å². The first kappa shape index (κ1) is 14.2. The van der Waals surface area contributed by atoms with E-state index in [1.54, 1.807) is 7.05 Å². The van der Waals surface area contributed by atoms with Crippen molar-refractivity contribution in [2.24, 2.45) is 0 Å². The summed E-state index contributed by atoms with van der Waals surface area (Å²) in [5.41, 5.74) is 8.31. The van der Waals surface area contributed by atoms with Gasteiger partial charge in [0.15, 0.2) is 0 Å². The van der Waals surface area contributed by atoms with Gasteiger partial charge < -0.3 is 10.6 Å². The van der Waals surface area contributed by atoms with Crippen molar-refractivity contribution in [1.29, 1.82) is 5.26 Å². The van der Waals surface area contributed by atoms with Crippen LogP contribution in [0.2, 0.25) is 0 Å². The van der Waals surface area contributed by atoms with Gasteiger partial charge >= 0.3 is 0 Å². The number of fused-ring (bicyclic) bond motifs is 1. The molecule has 0 radical (unpaired) electrons. The van der Waals surface area contributed by atoms with Gasteiger partial charge in [0.1, 0.15) is 9.71 Å². The Labute approximate surface area is 120 Å². The monoisotopic (exact) mass is 289 g/mol. The van der Waals surface area contributed by atoms with Crippen LogP contribution >= 0.6 is 11.3 Å². The predicted molar refractivity (Wildman–Crippen MR) is 78.5 cm³/mol. The van der Waals surface area contributed by atoms with E-state index < -0.39 is 0 Å². The third kappa shape index (κ3) is 2.30. The maximum Gasteiger partial charge on any atom is 0.265 e. The number of hydrogen-bond donors (Lipinski definition) is 1. The molecule has 0 saturated carbocycles. The largest absolute Gasteiger partial charge is 0.397 e. The molecule has 0 unspecified atom stereocenters. The number of aromatic nitrogens is 2. The fraction of sp³-hybridized carbons (Fsp3) is 0.385. The molecule has 104 valence electrons. The summed E-state index contributed by atoms with van der Waals surface area (Å²) in [6, 6.07) is 2.02. The summed E-state index contributed by atoms with van der Waals surface area (Å²) in [5.74, 6) is -0.183. The Morgan fingerprint density at radius 1 is 1.45 bits per heavy atom. The number of rotatable bonds is 3.